The van der Waals surface area contributed by atoms with Crippen molar-refractivity contribution >= 4 is 34.5 Å². The molecule has 0 saturated carbocycles. The number of carbonyl (C=O) groups excluding carboxylic acids is 3. The van der Waals surface area contributed by atoms with Crippen LogP contribution in [-0.2, 0) is 16.8 Å². The summed E-state index contributed by atoms with van der Waals surface area (Å²) < 4.78 is 0. The van der Waals surface area contributed by atoms with Crippen LogP contribution in [0.15, 0.2) is 48.5 Å². The van der Waals surface area contributed by atoms with E-state index in [4.69, 9.17) is 0 Å². The van der Waals surface area contributed by atoms with Crippen molar-refractivity contribution in [2.75, 3.05) is 11.4 Å². The van der Waals surface area contributed by atoms with Crippen molar-refractivity contribution in [2.24, 2.45) is 0 Å². The summed E-state index contributed by atoms with van der Waals surface area (Å²) in [7, 11) is 0. The fraction of sp³-hybridized carbons (Fsp3) is 0.190. The maximum absolute atomic E-state index is 13.4. The Kier molecular flexibility index (Phi) is 3.22. The van der Waals surface area contributed by atoms with E-state index in [2.05, 4.69) is 4.98 Å². The third kappa shape index (κ3) is 1.95. The number of urea groups is 1. The Morgan fingerprint density at radius 3 is 2.54 bits per heavy atom. The summed E-state index contributed by atoms with van der Waals surface area (Å²) >= 11 is 0. The maximum Gasteiger partial charge on any atom is 0.332 e. The zero-order valence-electron chi connectivity index (χ0n) is 15.1. The van der Waals surface area contributed by atoms with Crippen molar-refractivity contribution in [3.05, 3.63) is 65.4 Å². The van der Waals surface area contributed by atoms with E-state index in [1.165, 1.54) is 24.3 Å². The number of carbonyl (C=O) groups is 3. The minimum atomic E-state index is -1.31. The number of anilines is 1. The Morgan fingerprint density at radius 2 is 1.82 bits per heavy atom. The molecule has 5 rings (SSSR count). The fourth-order valence-electron chi connectivity index (χ4n) is 4.37. The largest absolute Gasteiger partial charge is 0.545 e. The predicted molar refractivity (Wildman–Crippen MR) is 99.7 cm³/mol. The third-order valence-electron chi connectivity index (χ3n) is 5.83. The number of benzene rings is 2. The van der Waals surface area contributed by atoms with Crippen LogP contribution in [0.3, 0.4) is 0 Å². The third-order valence-corrected chi connectivity index (χ3v) is 5.83. The van der Waals surface area contributed by atoms with Crippen molar-refractivity contribution < 1.29 is 19.5 Å². The number of aromatic nitrogens is 1. The van der Waals surface area contributed by atoms with Gasteiger partial charge in [0, 0.05) is 17.4 Å². The fourth-order valence-corrected chi connectivity index (χ4v) is 4.37. The maximum atomic E-state index is 13.4. The highest BCUT2D eigenvalue weighted by atomic mass is 16.4. The predicted octanol–water partition coefficient (Wildman–Crippen LogP) is 1.77. The summed E-state index contributed by atoms with van der Waals surface area (Å²) in [5.41, 5.74) is 1.94. The molecule has 1 saturated heterocycles. The first-order valence-electron chi connectivity index (χ1n) is 9.00. The Hall–Kier alpha value is -3.61. The number of aromatic carboxylic acids is 1. The summed E-state index contributed by atoms with van der Waals surface area (Å²) in [6.45, 7) is 2.19. The van der Waals surface area contributed by atoms with Crippen LogP contribution < -0.4 is 10.0 Å². The number of carboxylic acids is 1. The molecule has 0 bridgehead atoms. The van der Waals surface area contributed by atoms with Gasteiger partial charge in [0.1, 0.15) is 0 Å². The van der Waals surface area contributed by atoms with Gasteiger partial charge in [-0.2, -0.15) is 0 Å². The Labute approximate surface area is 160 Å². The van der Waals surface area contributed by atoms with E-state index in [0.29, 0.717) is 18.7 Å². The van der Waals surface area contributed by atoms with Crippen LogP contribution in [0.5, 0.6) is 0 Å². The van der Waals surface area contributed by atoms with Crippen molar-refractivity contribution in [3.8, 4) is 0 Å². The average Bonchev–Trinajstić information content (AvgIpc) is 3.17. The van der Waals surface area contributed by atoms with E-state index in [9.17, 15) is 19.5 Å². The second kappa shape index (κ2) is 5.45. The zero-order chi connectivity index (χ0) is 19.6. The van der Waals surface area contributed by atoms with Crippen LogP contribution in [0.2, 0.25) is 0 Å². The molecule has 3 amide bonds. The second-order valence-corrected chi connectivity index (χ2v) is 7.26. The molecule has 28 heavy (non-hydrogen) atoms. The number of carboxylic acid groups (broad SMARTS) is 1. The molecule has 0 unspecified atom stereocenters. The van der Waals surface area contributed by atoms with Gasteiger partial charge < -0.3 is 19.8 Å². The summed E-state index contributed by atoms with van der Waals surface area (Å²) in [6, 6.07) is 13.0. The standard InChI is InChI=1S/C21H17N3O4/c1-21-17-15(14-4-2-3-5-16(14)22-17)10-11-23(21)20(28)24(19(21)27)13-8-6-12(7-9-13)18(25)26/h2-9,22H,10-11H2,1H3,(H,25,26)/p-1/t21-/m0/s1. The van der Waals surface area contributed by atoms with Crippen molar-refractivity contribution in [1.29, 1.82) is 0 Å². The Bertz CT molecular complexity index is 1160. The number of rotatable bonds is 2. The van der Waals surface area contributed by atoms with Crippen LogP contribution in [0.1, 0.15) is 28.5 Å². The molecular weight excluding hydrogens is 358 g/mol. The van der Waals surface area contributed by atoms with Gasteiger partial charge in [0.15, 0.2) is 5.54 Å². The van der Waals surface area contributed by atoms with E-state index in [-0.39, 0.29) is 11.5 Å². The van der Waals surface area contributed by atoms with Crippen LogP contribution in [-0.4, -0.2) is 34.3 Å². The van der Waals surface area contributed by atoms with Gasteiger partial charge in [0.25, 0.3) is 5.91 Å². The normalized spacial score (nSPS) is 21.2. The lowest BCUT2D eigenvalue weighted by Crippen LogP contribution is -2.49. The number of imide groups is 1. The first kappa shape index (κ1) is 16.6. The monoisotopic (exact) mass is 374 g/mol. The van der Waals surface area contributed by atoms with Crippen LogP contribution in [0.4, 0.5) is 10.5 Å². The lowest BCUT2D eigenvalue weighted by molar-refractivity contribution is -0.255. The van der Waals surface area contributed by atoms with Crippen LogP contribution >= 0.6 is 0 Å². The van der Waals surface area contributed by atoms with Crippen LogP contribution in [0, 0.1) is 0 Å². The van der Waals surface area contributed by atoms with E-state index < -0.39 is 17.5 Å². The van der Waals surface area contributed by atoms with E-state index in [1.807, 2.05) is 24.3 Å². The van der Waals surface area contributed by atoms with E-state index in [0.717, 1.165) is 27.1 Å². The highest BCUT2D eigenvalue weighted by Crippen LogP contribution is 2.45. The number of nitrogens with one attached hydrogen (secondary N) is 1. The summed E-state index contributed by atoms with van der Waals surface area (Å²) in [5.74, 6) is -1.66. The Morgan fingerprint density at radius 1 is 1.11 bits per heavy atom. The molecule has 1 aromatic heterocycles. The van der Waals surface area contributed by atoms with Crippen molar-refractivity contribution in [2.45, 2.75) is 18.9 Å². The quantitative estimate of drug-likeness (QED) is 0.692. The first-order valence-corrected chi connectivity index (χ1v) is 9.00. The summed E-state index contributed by atoms with van der Waals surface area (Å²) in [5, 5.41) is 12.0. The van der Waals surface area contributed by atoms with E-state index in [1.54, 1.807) is 11.8 Å². The van der Waals surface area contributed by atoms with Gasteiger partial charge in [0.2, 0.25) is 0 Å². The lowest BCUT2D eigenvalue weighted by atomic mass is 9.87. The summed E-state index contributed by atoms with van der Waals surface area (Å²) in [4.78, 5) is 43.6. The molecule has 2 aliphatic heterocycles. The number of amides is 3. The summed E-state index contributed by atoms with van der Waals surface area (Å²) in [6.07, 6.45) is 0.658. The van der Waals surface area contributed by atoms with Gasteiger partial charge in [-0.3, -0.25) is 4.79 Å². The van der Waals surface area contributed by atoms with Crippen LogP contribution in [0.25, 0.3) is 10.9 Å². The van der Waals surface area contributed by atoms with Gasteiger partial charge in [-0.05, 0) is 42.7 Å². The molecule has 2 aromatic carbocycles. The van der Waals surface area contributed by atoms with Crippen molar-refractivity contribution in [1.82, 2.24) is 9.88 Å². The SMILES string of the molecule is C[C@]12C(=O)N(c3ccc(C(=O)[O-])cc3)C(=O)N1CCc1c2[nH]c2ccccc12. The number of aromatic amines is 1. The molecule has 2 aliphatic rings. The lowest BCUT2D eigenvalue weighted by Gasteiger charge is -2.35. The molecule has 3 heterocycles. The number of hydrogen-bond donors (Lipinski definition) is 1. The van der Waals surface area contributed by atoms with Gasteiger partial charge >= 0.3 is 6.03 Å². The topological polar surface area (TPSA) is 96.5 Å². The molecule has 0 aliphatic carbocycles. The minimum Gasteiger partial charge on any atom is -0.545 e. The molecule has 1 fully saturated rings. The molecule has 3 aromatic rings. The van der Waals surface area contributed by atoms with Gasteiger partial charge in [-0.25, -0.2) is 9.69 Å². The van der Waals surface area contributed by atoms with E-state index >= 15 is 0 Å². The molecule has 7 nitrogen and oxygen atoms in total. The zero-order valence-corrected chi connectivity index (χ0v) is 15.1. The number of H-pyrrole nitrogens is 1. The molecule has 1 N–H and O–H groups in total. The molecular formula is C21H16N3O4-. The molecule has 140 valence electrons. The highest BCUT2D eigenvalue weighted by molar-refractivity contribution is 6.23. The number of hydrogen-bond acceptors (Lipinski definition) is 4. The van der Waals surface area contributed by atoms with Gasteiger partial charge in [0.05, 0.1) is 17.4 Å². The van der Waals surface area contributed by atoms with Crippen molar-refractivity contribution in [3.63, 3.8) is 0 Å². The second-order valence-electron chi connectivity index (χ2n) is 7.26. The smallest absolute Gasteiger partial charge is 0.332 e. The Balaban J connectivity index is 1.63. The molecule has 0 spiro atoms. The first-order chi connectivity index (χ1) is 13.4. The average molecular weight is 374 g/mol. The number of fused-ring (bicyclic) bond motifs is 5. The molecule has 1 atom stereocenters. The number of para-hydroxylation sites is 1. The minimum absolute atomic E-state index is 0.00955. The number of nitrogens with zero attached hydrogens (tertiary/aromatic N) is 2. The molecule has 0 radical (unpaired) electrons. The van der Waals surface area contributed by atoms with Gasteiger partial charge in [-0.1, -0.05) is 30.3 Å². The van der Waals surface area contributed by atoms with Gasteiger partial charge in [-0.15, -0.1) is 0 Å². The highest BCUT2D eigenvalue weighted by Gasteiger charge is 2.58. The molecule has 7 heteroatoms.